The Labute approximate surface area is 146 Å². The van der Waals surface area contributed by atoms with Gasteiger partial charge in [0, 0.05) is 12.8 Å². The summed E-state index contributed by atoms with van der Waals surface area (Å²) in [5.74, 6) is -0.409. The van der Waals surface area contributed by atoms with Gasteiger partial charge in [-0.2, -0.15) is 0 Å². The molecule has 0 fully saturated rings. The Kier molecular flexibility index (Phi) is 5.93. The average Bonchev–Trinajstić information content (AvgIpc) is 2.52. The number of aromatic hydroxyl groups is 1. The fraction of sp³-hybridized carbons (Fsp3) is 0.389. The Balaban J connectivity index is 2.39. The van der Waals surface area contributed by atoms with Crippen LogP contribution in [0.2, 0.25) is 0 Å². The Morgan fingerprint density at radius 1 is 1.24 bits per heavy atom. The topological polar surface area (TPSA) is 90.7 Å². The third kappa shape index (κ3) is 4.45. The predicted octanol–water partition coefficient (Wildman–Crippen LogP) is 1.22. The molecule has 7 heteroatoms. The normalized spacial score (nSPS) is 11.6. The van der Waals surface area contributed by atoms with Gasteiger partial charge in [0.1, 0.15) is 5.56 Å². The summed E-state index contributed by atoms with van der Waals surface area (Å²) >= 11 is 0. The van der Waals surface area contributed by atoms with Crippen molar-refractivity contribution in [3.05, 3.63) is 55.7 Å². The molecule has 0 unspecified atom stereocenters. The maximum absolute atomic E-state index is 12.2. The summed E-state index contributed by atoms with van der Waals surface area (Å²) in [5, 5.41) is 10.5. The second-order valence-electron chi connectivity index (χ2n) is 6.29. The molecule has 2 rings (SSSR count). The number of hydrogen-bond donors (Lipinski definition) is 2. The molecule has 0 aliphatic heterocycles. The second kappa shape index (κ2) is 7.94. The van der Waals surface area contributed by atoms with Crippen molar-refractivity contribution in [1.29, 1.82) is 0 Å². The van der Waals surface area contributed by atoms with E-state index in [0.29, 0.717) is 12.2 Å². The van der Waals surface area contributed by atoms with E-state index in [2.05, 4.69) is 9.98 Å². The molecule has 2 aromatic rings. The van der Waals surface area contributed by atoms with Crippen molar-refractivity contribution in [2.75, 3.05) is 27.2 Å². The highest BCUT2D eigenvalue weighted by atomic mass is 16.3. The van der Waals surface area contributed by atoms with Crippen LogP contribution in [0.25, 0.3) is 5.69 Å². The van der Waals surface area contributed by atoms with Gasteiger partial charge in [-0.15, -0.1) is 0 Å². The number of nitrogens with one attached hydrogen (secondary N) is 1. The lowest BCUT2D eigenvalue weighted by Gasteiger charge is -2.11. The summed E-state index contributed by atoms with van der Waals surface area (Å²) in [6.07, 6.45) is 2.15. The predicted molar refractivity (Wildman–Crippen MR) is 99.4 cm³/mol. The summed E-state index contributed by atoms with van der Waals surface area (Å²) in [6.45, 7) is 5.28. The molecular weight excluding hydrogens is 320 g/mol. The Bertz CT molecular complexity index is 894. The monoisotopic (exact) mass is 344 g/mol. The number of nitrogens with zero attached hydrogens (tertiary/aromatic N) is 3. The minimum absolute atomic E-state index is 0.0253. The third-order valence-corrected chi connectivity index (χ3v) is 3.98. The molecule has 0 atom stereocenters. The van der Waals surface area contributed by atoms with Crippen LogP contribution in [0.3, 0.4) is 0 Å². The maximum atomic E-state index is 12.2. The quantitative estimate of drug-likeness (QED) is 0.609. The van der Waals surface area contributed by atoms with Gasteiger partial charge in [0.2, 0.25) is 5.88 Å². The van der Waals surface area contributed by atoms with Gasteiger partial charge < -0.3 is 10.0 Å². The fourth-order valence-corrected chi connectivity index (χ4v) is 2.39. The van der Waals surface area contributed by atoms with E-state index in [1.165, 1.54) is 6.21 Å². The van der Waals surface area contributed by atoms with E-state index in [0.717, 1.165) is 28.7 Å². The minimum atomic E-state index is -0.685. The Morgan fingerprint density at radius 3 is 2.60 bits per heavy atom. The van der Waals surface area contributed by atoms with Crippen LogP contribution in [-0.2, 0) is 0 Å². The minimum Gasteiger partial charge on any atom is -0.493 e. The number of aromatic amines is 1. The van der Waals surface area contributed by atoms with Gasteiger partial charge in [-0.3, -0.25) is 14.8 Å². The molecule has 0 aliphatic rings. The van der Waals surface area contributed by atoms with Crippen LogP contribution >= 0.6 is 0 Å². The number of aryl methyl sites for hydroxylation is 2. The SMILES string of the molecule is Cc1ccc(-n2c(O)c(C=NCCCN(C)C)c(=O)[nH]c2=O)cc1C. The highest BCUT2D eigenvalue weighted by Crippen LogP contribution is 2.18. The molecular formula is C18H24N4O3. The third-order valence-electron chi connectivity index (χ3n) is 3.98. The molecule has 0 bridgehead atoms. The van der Waals surface area contributed by atoms with Gasteiger partial charge in [-0.25, -0.2) is 9.36 Å². The first kappa shape index (κ1) is 18.7. The molecule has 0 amide bonds. The number of hydrogen-bond acceptors (Lipinski definition) is 5. The number of aliphatic imine (C=N–C) groups is 1. The summed E-state index contributed by atoms with van der Waals surface area (Å²) in [6, 6.07) is 5.36. The molecule has 2 N–H and O–H groups in total. The van der Waals surface area contributed by atoms with Gasteiger partial charge in [0.05, 0.1) is 5.69 Å². The van der Waals surface area contributed by atoms with Crippen molar-refractivity contribution >= 4 is 6.21 Å². The van der Waals surface area contributed by atoms with Crippen LogP contribution < -0.4 is 11.2 Å². The lowest BCUT2D eigenvalue weighted by Crippen LogP contribution is -2.31. The second-order valence-corrected chi connectivity index (χ2v) is 6.29. The number of H-pyrrole nitrogens is 1. The van der Waals surface area contributed by atoms with E-state index in [1.807, 2.05) is 38.9 Å². The molecule has 0 saturated carbocycles. The first-order chi connectivity index (χ1) is 11.8. The summed E-state index contributed by atoms with van der Waals surface area (Å²) in [5.41, 5.74) is 1.18. The zero-order valence-electron chi connectivity index (χ0n) is 15.0. The Morgan fingerprint density at radius 2 is 1.96 bits per heavy atom. The van der Waals surface area contributed by atoms with Crippen molar-refractivity contribution in [3.63, 3.8) is 0 Å². The molecule has 0 saturated heterocycles. The zero-order chi connectivity index (χ0) is 18.6. The zero-order valence-corrected chi connectivity index (χ0v) is 15.0. The van der Waals surface area contributed by atoms with Crippen LogP contribution in [0.15, 0.2) is 32.8 Å². The van der Waals surface area contributed by atoms with Crippen molar-refractivity contribution < 1.29 is 5.11 Å². The van der Waals surface area contributed by atoms with E-state index < -0.39 is 17.1 Å². The molecule has 25 heavy (non-hydrogen) atoms. The van der Waals surface area contributed by atoms with Gasteiger partial charge >= 0.3 is 5.69 Å². The lowest BCUT2D eigenvalue weighted by molar-refractivity contribution is 0.403. The average molecular weight is 344 g/mol. The van der Waals surface area contributed by atoms with Gasteiger partial charge in [-0.1, -0.05) is 6.07 Å². The van der Waals surface area contributed by atoms with Gasteiger partial charge in [0.25, 0.3) is 5.56 Å². The lowest BCUT2D eigenvalue weighted by atomic mass is 10.1. The van der Waals surface area contributed by atoms with Crippen LogP contribution in [0, 0.1) is 13.8 Å². The highest BCUT2D eigenvalue weighted by molar-refractivity contribution is 5.82. The van der Waals surface area contributed by atoms with E-state index in [1.54, 1.807) is 12.1 Å². The number of aromatic nitrogens is 2. The fourth-order valence-electron chi connectivity index (χ4n) is 2.39. The first-order valence-corrected chi connectivity index (χ1v) is 8.11. The van der Waals surface area contributed by atoms with Crippen molar-refractivity contribution in [3.8, 4) is 11.6 Å². The molecule has 0 spiro atoms. The van der Waals surface area contributed by atoms with Crippen LogP contribution in [-0.4, -0.2) is 53.0 Å². The summed E-state index contributed by atoms with van der Waals surface area (Å²) < 4.78 is 1.08. The number of rotatable bonds is 6. The van der Waals surface area contributed by atoms with Crippen molar-refractivity contribution in [2.45, 2.75) is 20.3 Å². The van der Waals surface area contributed by atoms with Crippen LogP contribution in [0.1, 0.15) is 23.1 Å². The van der Waals surface area contributed by atoms with Gasteiger partial charge in [0.15, 0.2) is 0 Å². The standard InChI is InChI=1S/C18H24N4O3/c1-12-6-7-14(10-13(12)2)22-17(24)15(16(23)20-18(22)25)11-19-8-5-9-21(3)4/h6-7,10-11,24H,5,8-9H2,1-4H3,(H,20,23,25). The molecule has 1 heterocycles. The maximum Gasteiger partial charge on any atom is 0.335 e. The molecule has 0 aliphatic carbocycles. The van der Waals surface area contributed by atoms with Crippen molar-refractivity contribution in [1.82, 2.24) is 14.5 Å². The smallest absolute Gasteiger partial charge is 0.335 e. The van der Waals surface area contributed by atoms with Crippen molar-refractivity contribution in [2.24, 2.45) is 4.99 Å². The highest BCUT2D eigenvalue weighted by Gasteiger charge is 2.14. The first-order valence-electron chi connectivity index (χ1n) is 8.11. The number of benzene rings is 1. The molecule has 1 aromatic heterocycles. The molecule has 134 valence electrons. The Hall–Kier alpha value is -2.67. The van der Waals surface area contributed by atoms with E-state index in [-0.39, 0.29) is 5.56 Å². The summed E-state index contributed by atoms with van der Waals surface area (Å²) in [7, 11) is 3.94. The van der Waals surface area contributed by atoms with Crippen LogP contribution in [0.5, 0.6) is 5.88 Å². The molecule has 0 radical (unpaired) electrons. The van der Waals surface area contributed by atoms with E-state index >= 15 is 0 Å². The van der Waals surface area contributed by atoms with Crippen LogP contribution in [0.4, 0.5) is 0 Å². The molecule has 1 aromatic carbocycles. The van der Waals surface area contributed by atoms with E-state index in [9.17, 15) is 14.7 Å². The van der Waals surface area contributed by atoms with E-state index in [4.69, 9.17) is 0 Å². The largest absolute Gasteiger partial charge is 0.493 e. The van der Waals surface area contributed by atoms with Gasteiger partial charge in [-0.05, 0) is 64.2 Å². The molecule has 7 nitrogen and oxygen atoms in total. The summed E-state index contributed by atoms with van der Waals surface area (Å²) in [4.78, 5) is 32.6.